The van der Waals surface area contributed by atoms with Gasteiger partial charge in [-0.25, -0.2) is 0 Å². The maximum atomic E-state index is 5.24. The fraction of sp³-hybridized carbons (Fsp3) is 0. The summed E-state index contributed by atoms with van der Waals surface area (Å²) in [5.74, 6) is 0. The van der Waals surface area contributed by atoms with Crippen LogP contribution in [0.5, 0.6) is 0 Å². The van der Waals surface area contributed by atoms with E-state index in [1.807, 2.05) is 0 Å². The van der Waals surface area contributed by atoms with E-state index in [2.05, 4.69) is 140 Å². The molecule has 0 aliphatic carbocycles. The molecule has 0 N–H and O–H groups in total. The normalized spacial score (nSPS) is 11.1. The average Bonchev–Trinajstić information content (AvgIpc) is 2.89. The summed E-state index contributed by atoms with van der Waals surface area (Å²) >= 11 is 3.48. The molecule has 5 aromatic rings. The fourth-order valence-electron chi connectivity index (χ4n) is 4.04. The van der Waals surface area contributed by atoms with Gasteiger partial charge in [-0.05, 0) is 0 Å². The Labute approximate surface area is 207 Å². The summed E-state index contributed by atoms with van der Waals surface area (Å²) in [6.07, 6.45) is 0. The second-order valence-electron chi connectivity index (χ2n) is 7.66. The van der Waals surface area contributed by atoms with Crippen molar-refractivity contribution in [2.24, 2.45) is 0 Å². The van der Waals surface area contributed by atoms with E-state index in [-0.39, 0.29) is 0 Å². The van der Waals surface area contributed by atoms with Gasteiger partial charge in [-0.1, -0.05) is 0 Å². The third-order valence-corrected chi connectivity index (χ3v) is 14.3. The predicted molar refractivity (Wildman–Crippen MR) is 150 cm³/mol. The molecule has 0 aliphatic rings. The van der Waals surface area contributed by atoms with Gasteiger partial charge in [0.1, 0.15) is 0 Å². The summed E-state index contributed by atoms with van der Waals surface area (Å²) in [5.41, 5.74) is 0. The number of benzene rings is 5. The Balaban J connectivity index is 1.70. The predicted octanol–water partition coefficient (Wildman–Crippen LogP) is 4.25. The zero-order chi connectivity index (χ0) is 22.5. The molecule has 5 rings (SSSR count). The third kappa shape index (κ3) is 4.87. The average molecular weight is 522 g/mol. The van der Waals surface area contributed by atoms with Gasteiger partial charge in [-0.3, -0.25) is 0 Å². The molecule has 0 radical (unpaired) electrons. The van der Waals surface area contributed by atoms with Gasteiger partial charge in [0, 0.05) is 0 Å². The number of hydrogen-bond donors (Lipinski definition) is 1. The summed E-state index contributed by atoms with van der Waals surface area (Å²) in [5, 5.41) is 4.03. The SMILES string of the molecule is Sc1c(P(c2ccccc2)c2ccccc2)cccc1[As](c1ccccc1)c1ccccc1. The molecule has 33 heavy (non-hydrogen) atoms. The molecule has 5 aromatic carbocycles. The molecule has 0 nitrogen and oxygen atoms in total. The topological polar surface area (TPSA) is 0 Å². The van der Waals surface area contributed by atoms with Crippen LogP contribution in [0.4, 0.5) is 0 Å². The van der Waals surface area contributed by atoms with E-state index in [0.717, 1.165) is 4.90 Å². The summed E-state index contributed by atoms with van der Waals surface area (Å²) in [4.78, 5) is 1.14. The van der Waals surface area contributed by atoms with Crippen molar-refractivity contribution >= 4 is 64.2 Å². The van der Waals surface area contributed by atoms with E-state index in [0.29, 0.717) is 0 Å². The van der Waals surface area contributed by atoms with Gasteiger partial charge in [0.15, 0.2) is 0 Å². The molecule has 0 fully saturated rings. The van der Waals surface area contributed by atoms with Crippen LogP contribution in [-0.2, 0) is 0 Å². The molecule has 0 unspecified atom stereocenters. The Morgan fingerprint density at radius 2 is 0.879 bits per heavy atom. The molecular weight excluding hydrogens is 498 g/mol. The van der Waals surface area contributed by atoms with Crippen LogP contribution in [0.1, 0.15) is 0 Å². The zero-order valence-corrected chi connectivity index (χ0v) is 21.8. The Bertz CT molecular complexity index is 1130. The standard InChI is InChI=1S/C30H24AsPS/c33-30-28(31(24-14-5-1-6-15-24)25-16-7-2-8-17-25)22-13-23-29(30)32(26-18-9-3-10-19-26)27-20-11-4-12-21-27/h1-23,33H. The minimum absolute atomic E-state index is 0.699. The van der Waals surface area contributed by atoms with Crippen LogP contribution in [0, 0.1) is 0 Å². The van der Waals surface area contributed by atoms with Gasteiger partial charge < -0.3 is 0 Å². The number of rotatable bonds is 6. The first-order valence-electron chi connectivity index (χ1n) is 11.0. The van der Waals surface area contributed by atoms with Gasteiger partial charge in [0.2, 0.25) is 0 Å². The number of hydrogen-bond acceptors (Lipinski definition) is 1. The van der Waals surface area contributed by atoms with Gasteiger partial charge in [-0.15, -0.1) is 0 Å². The van der Waals surface area contributed by atoms with Crippen LogP contribution in [0.3, 0.4) is 0 Å². The van der Waals surface area contributed by atoms with E-state index >= 15 is 0 Å². The molecule has 0 atom stereocenters. The van der Waals surface area contributed by atoms with Crippen molar-refractivity contribution in [1.82, 2.24) is 0 Å². The molecular formula is C30H24AsPS. The Morgan fingerprint density at radius 1 is 0.455 bits per heavy atom. The van der Waals surface area contributed by atoms with Crippen molar-refractivity contribution in [1.29, 1.82) is 0 Å². The fourth-order valence-corrected chi connectivity index (χ4v) is 12.5. The Morgan fingerprint density at radius 3 is 1.33 bits per heavy atom. The van der Waals surface area contributed by atoms with E-state index in [1.54, 1.807) is 0 Å². The second-order valence-corrected chi connectivity index (χ2v) is 14.9. The van der Waals surface area contributed by atoms with Gasteiger partial charge in [0.05, 0.1) is 0 Å². The van der Waals surface area contributed by atoms with Crippen molar-refractivity contribution in [2.45, 2.75) is 4.90 Å². The van der Waals surface area contributed by atoms with Crippen molar-refractivity contribution < 1.29 is 0 Å². The van der Waals surface area contributed by atoms with Gasteiger partial charge in [-0.2, -0.15) is 0 Å². The first kappa shape index (κ1) is 22.2. The van der Waals surface area contributed by atoms with E-state index in [4.69, 9.17) is 12.6 Å². The summed E-state index contributed by atoms with van der Waals surface area (Å²) in [6.45, 7) is 0. The van der Waals surface area contributed by atoms with Crippen molar-refractivity contribution in [3.05, 3.63) is 140 Å². The number of thiol groups is 1. The first-order chi connectivity index (χ1) is 16.3. The first-order valence-corrected chi connectivity index (χ1v) is 15.6. The second kappa shape index (κ2) is 10.6. The van der Waals surface area contributed by atoms with Crippen LogP contribution < -0.4 is 29.0 Å². The minimum atomic E-state index is -1.76. The maximum absolute atomic E-state index is 5.24. The summed E-state index contributed by atoms with van der Waals surface area (Å²) < 4.78 is 4.24. The molecule has 160 valence electrons. The van der Waals surface area contributed by atoms with Crippen LogP contribution in [0.15, 0.2) is 144 Å². The molecule has 0 spiro atoms. The van der Waals surface area contributed by atoms with Crippen LogP contribution in [0.2, 0.25) is 0 Å². The molecule has 0 saturated heterocycles. The van der Waals surface area contributed by atoms with Crippen LogP contribution in [-0.4, -0.2) is 14.7 Å². The quantitative estimate of drug-likeness (QED) is 0.193. The van der Waals surface area contributed by atoms with E-state index < -0.39 is 22.6 Å². The van der Waals surface area contributed by atoms with E-state index in [1.165, 1.54) is 29.0 Å². The van der Waals surface area contributed by atoms with Crippen LogP contribution in [0.25, 0.3) is 0 Å². The van der Waals surface area contributed by atoms with Crippen molar-refractivity contribution in [3.63, 3.8) is 0 Å². The molecule has 0 saturated carbocycles. The zero-order valence-electron chi connectivity index (χ0n) is 18.1. The molecule has 0 aliphatic heterocycles. The third-order valence-electron chi connectivity index (χ3n) is 5.53. The molecule has 3 heteroatoms. The monoisotopic (exact) mass is 522 g/mol. The Kier molecular flexibility index (Phi) is 7.13. The molecule has 0 heterocycles. The van der Waals surface area contributed by atoms with Gasteiger partial charge >= 0.3 is 209 Å². The van der Waals surface area contributed by atoms with E-state index in [9.17, 15) is 0 Å². The van der Waals surface area contributed by atoms with Crippen LogP contribution >= 0.6 is 20.6 Å². The summed E-state index contributed by atoms with van der Waals surface area (Å²) in [6, 6.07) is 50.5. The molecule has 0 amide bonds. The van der Waals surface area contributed by atoms with Crippen molar-refractivity contribution in [3.8, 4) is 0 Å². The summed E-state index contributed by atoms with van der Waals surface area (Å²) in [7, 11) is -0.699. The Hall–Kier alpha value is -2.56. The van der Waals surface area contributed by atoms with Crippen molar-refractivity contribution in [2.75, 3.05) is 0 Å². The molecule has 0 bridgehead atoms. The van der Waals surface area contributed by atoms with Gasteiger partial charge in [0.25, 0.3) is 0 Å². The molecule has 0 aromatic heterocycles.